The van der Waals surface area contributed by atoms with E-state index in [1.165, 1.54) is 23.1 Å². The van der Waals surface area contributed by atoms with Crippen LogP contribution in [-0.2, 0) is 4.79 Å². The van der Waals surface area contributed by atoms with Crippen molar-refractivity contribution in [2.45, 2.75) is 13.0 Å². The predicted octanol–water partition coefficient (Wildman–Crippen LogP) is 1.49. The first kappa shape index (κ1) is 10.8. The molecule has 6 heteroatoms. The molecular weight excluding hydrogens is 232 g/mol. The maximum absolute atomic E-state index is 11.5. The van der Waals surface area contributed by atoms with Crippen molar-refractivity contribution in [1.29, 1.82) is 0 Å². The van der Waals surface area contributed by atoms with E-state index in [4.69, 9.17) is 11.6 Å². The van der Waals surface area contributed by atoms with Crippen molar-refractivity contribution in [3.63, 3.8) is 0 Å². The van der Waals surface area contributed by atoms with Crippen molar-refractivity contribution < 1.29 is 14.7 Å². The highest BCUT2D eigenvalue weighted by Crippen LogP contribution is 2.32. The van der Waals surface area contributed by atoms with E-state index in [-0.39, 0.29) is 11.4 Å². The molecule has 0 aliphatic carbocycles. The number of phenols is 1. The van der Waals surface area contributed by atoms with Crippen molar-refractivity contribution in [2.75, 3.05) is 4.90 Å². The number of benzene rings is 1. The van der Waals surface area contributed by atoms with Crippen molar-refractivity contribution in [1.82, 2.24) is 5.32 Å². The summed E-state index contributed by atoms with van der Waals surface area (Å²) in [4.78, 5) is 23.9. The van der Waals surface area contributed by atoms with Crippen LogP contribution in [0.25, 0.3) is 0 Å². The second-order valence-corrected chi connectivity index (χ2v) is 3.91. The molecule has 1 saturated heterocycles. The predicted molar refractivity (Wildman–Crippen MR) is 58.6 cm³/mol. The van der Waals surface area contributed by atoms with Crippen LogP contribution in [0.3, 0.4) is 0 Å². The van der Waals surface area contributed by atoms with E-state index in [9.17, 15) is 14.7 Å². The molecule has 0 bridgehead atoms. The number of imide groups is 1. The number of aromatic hydroxyl groups is 1. The number of hydrogen-bond donors (Lipinski definition) is 2. The van der Waals surface area contributed by atoms with Gasteiger partial charge in [0.05, 0.1) is 5.69 Å². The SMILES string of the molecule is CC1C(=O)NC(=O)N1c1cc(Cl)ccc1O. The number of urea groups is 1. The van der Waals surface area contributed by atoms with Gasteiger partial charge in [-0.15, -0.1) is 0 Å². The molecule has 84 valence electrons. The van der Waals surface area contributed by atoms with E-state index in [0.717, 1.165) is 0 Å². The van der Waals surface area contributed by atoms with Gasteiger partial charge in [-0.2, -0.15) is 0 Å². The summed E-state index contributed by atoms with van der Waals surface area (Å²) in [6.45, 7) is 1.57. The van der Waals surface area contributed by atoms with Crippen LogP contribution in [0.2, 0.25) is 5.02 Å². The number of nitrogens with zero attached hydrogens (tertiary/aromatic N) is 1. The summed E-state index contributed by atoms with van der Waals surface area (Å²) in [6.07, 6.45) is 0. The summed E-state index contributed by atoms with van der Waals surface area (Å²) in [5.41, 5.74) is 0.225. The zero-order chi connectivity index (χ0) is 11.9. The average Bonchev–Trinajstić information content (AvgIpc) is 2.46. The smallest absolute Gasteiger partial charge is 0.329 e. The molecule has 3 amide bonds. The van der Waals surface area contributed by atoms with Crippen LogP contribution in [0.15, 0.2) is 18.2 Å². The van der Waals surface area contributed by atoms with E-state index in [1.54, 1.807) is 6.92 Å². The van der Waals surface area contributed by atoms with Crippen molar-refractivity contribution in [3.8, 4) is 5.75 Å². The zero-order valence-electron chi connectivity index (χ0n) is 8.40. The van der Waals surface area contributed by atoms with E-state index in [2.05, 4.69) is 5.32 Å². The molecule has 1 heterocycles. The van der Waals surface area contributed by atoms with Gasteiger partial charge in [0.25, 0.3) is 5.91 Å². The average molecular weight is 241 g/mol. The lowest BCUT2D eigenvalue weighted by Gasteiger charge is -2.19. The third-order valence-electron chi connectivity index (χ3n) is 2.41. The Morgan fingerprint density at radius 1 is 1.44 bits per heavy atom. The normalized spacial score (nSPS) is 20.1. The Morgan fingerprint density at radius 2 is 2.12 bits per heavy atom. The largest absolute Gasteiger partial charge is 0.506 e. The summed E-state index contributed by atoms with van der Waals surface area (Å²) >= 11 is 5.77. The second kappa shape index (κ2) is 3.68. The number of phenolic OH excluding ortho intramolecular Hbond substituents is 1. The summed E-state index contributed by atoms with van der Waals surface area (Å²) < 4.78 is 0. The number of nitrogens with one attached hydrogen (secondary N) is 1. The molecule has 0 saturated carbocycles. The fourth-order valence-corrected chi connectivity index (χ4v) is 1.74. The van der Waals surface area contributed by atoms with Gasteiger partial charge in [0, 0.05) is 5.02 Å². The lowest BCUT2D eigenvalue weighted by molar-refractivity contribution is -0.119. The van der Waals surface area contributed by atoms with Crippen molar-refractivity contribution in [3.05, 3.63) is 23.2 Å². The minimum absolute atomic E-state index is 0.0962. The van der Waals surface area contributed by atoms with Crippen LogP contribution in [0.5, 0.6) is 5.75 Å². The minimum Gasteiger partial charge on any atom is -0.506 e. The number of rotatable bonds is 1. The summed E-state index contributed by atoms with van der Waals surface area (Å²) in [7, 11) is 0. The first-order valence-corrected chi connectivity index (χ1v) is 5.01. The topological polar surface area (TPSA) is 69.6 Å². The zero-order valence-corrected chi connectivity index (χ0v) is 9.15. The number of halogens is 1. The third kappa shape index (κ3) is 1.59. The van der Waals surface area contributed by atoms with Gasteiger partial charge in [0.15, 0.2) is 0 Å². The van der Waals surface area contributed by atoms with Crippen LogP contribution in [0, 0.1) is 0 Å². The molecule has 2 N–H and O–H groups in total. The lowest BCUT2D eigenvalue weighted by atomic mass is 10.2. The fourth-order valence-electron chi connectivity index (χ4n) is 1.57. The second-order valence-electron chi connectivity index (χ2n) is 3.47. The molecule has 0 spiro atoms. The molecule has 1 fully saturated rings. The number of hydrogen-bond acceptors (Lipinski definition) is 3. The Bertz CT molecular complexity index is 475. The van der Waals surface area contributed by atoms with Gasteiger partial charge < -0.3 is 5.11 Å². The van der Waals surface area contributed by atoms with E-state index in [0.29, 0.717) is 5.02 Å². The van der Waals surface area contributed by atoms with Crippen LogP contribution >= 0.6 is 11.6 Å². The maximum atomic E-state index is 11.5. The summed E-state index contributed by atoms with van der Waals surface area (Å²) in [5, 5.41) is 12.2. The van der Waals surface area contributed by atoms with Crippen LogP contribution in [0.4, 0.5) is 10.5 Å². The molecule has 1 aliphatic heterocycles. The minimum atomic E-state index is -0.656. The highest BCUT2D eigenvalue weighted by Gasteiger charge is 2.37. The molecule has 16 heavy (non-hydrogen) atoms. The lowest BCUT2D eigenvalue weighted by Crippen LogP contribution is -2.32. The van der Waals surface area contributed by atoms with Crippen LogP contribution in [-0.4, -0.2) is 23.1 Å². The van der Waals surface area contributed by atoms with Gasteiger partial charge in [0.1, 0.15) is 11.8 Å². The van der Waals surface area contributed by atoms with E-state index in [1.807, 2.05) is 0 Å². The van der Waals surface area contributed by atoms with Crippen molar-refractivity contribution in [2.24, 2.45) is 0 Å². The van der Waals surface area contributed by atoms with Crippen LogP contribution in [0.1, 0.15) is 6.92 Å². The highest BCUT2D eigenvalue weighted by molar-refractivity contribution is 6.31. The molecule has 0 radical (unpaired) electrons. The highest BCUT2D eigenvalue weighted by atomic mass is 35.5. The van der Waals surface area contributed by atoms with Gasteiger partial charge in [-0.05, 0) is 25.1 Å². The molecule has 1 aliphatic rings. The first-order valence-electron chi connectivity index (χ1n) is 4.63. The molecule has 0 aromatic heterocycles. The fraction of sp³-hybridized carbons (Fsp3) is 0.200. The monoisotopic (exact) mass is 240 g/mol. The Kier molecular flexibility index (Phi) is 2.47. The first-order chi connectivity index (χ1) is 7.50. The number of amides is 3. The Balaban J connectivity index is 2.48. The summed E-state index contributed by atoms with van der Waals surface area (Å²) in [6, 6.07) is 3.10. The van der Waals surface area contributed by atoms with E-state index < -0.39 is 18.0 Å². The molecule has 1 unspecified atom stereocenters. The van der Waals surface area contributed by atoms with Gasteiger partial charge in [-0.3, -0.25) is 15.0 Å². The molecule has 5 nitrogen and oxygen atoms in total. The third-order valence-corrected chi connectivity index (χ3v) is 2.65. The molecule has 1 aromatic carbocycles. The number of anilines is 1. The van der Waals surface area contributed by atoms with Gasteiger partial charge in [-0.1, -0.05) is 11.6 Å². The Morgan fingerprint density at radius 3 is 2.69 bits per heavy atom. The number of carbonyl (C=O) groups excluding carboxylic acids is 2. The van der Waals surface area contributed by atoms with Gasteiger partial charge in [-0.25, -0.2) is 4.79 Å². The maximum Gasteiger partial charge on any atom is 0.329 e. The molecule has 1 atom stereocenters. The van der Waals surface area contributed by atoms with Gasteiger partial charge >= 0.3 is 6.03 Å². The number of carbonyl (C=O) groups is 2. The standard InChI is InChI=1S/C10H9ClN2O3/c1-5-9(15)12-10(16)13(5)7-4-6(11)2-3-8(7)14/h2-5,14H,1H3,(H,12,15,16). The Hall–Kier alpha value is -1.75. The van der Waals surface area contributed by atoms with Crippen molar-refractivity contribution >= 4 is 29.2 Å². The quantitative estimate of drug-likeness (QED) is 0.731. The molecular formula is C10H9ClN2O3. The van der Waals surface area contributed by atoms with Crippen LogP contribution < -0.4 is 10.2 Å². The van der Waals surface area contributed by atoms with Gasteiger partial charge in [0.2, 0.25) is 0 Å². The Labute approximate surface area is 96.6 Å². The summed E-state index contributed by atoms with van der Waals surface area (Å²) in [5.74, 6) is -0.495. The molecule has 2 rings (SSSR count). The van der Waals surface area contributed by atoms with E-state index >= 15 is 0 Å². The molecule has 1 aromatic rings.